The molecule has 2 atom stereocenters. The van der Waals surface area contributed by atoms with E-state index in [-0.39, 0.29) is 5.82 Å². The topological polar surface area (TPSA) is 12.0 Å². The summed E-state index contributed by atoms with van der Waals surface area (Å²) in [5.41, 5.74) is 2.41. The molecule has 15 heavy (non-hydrogen) atoms. The Morgan fingerprint density at radius 3 is 3.00 bits per heavy atom. The summed E-state index contributed by atoms with van der Waals surface area (Å²) >= 11 is 1.96. The largest absolute Gasteiger partial charge is 0.312 e. The molecule has 82 valence electrons. The highest BCUT2D eigenvalue weighted by Gasteiger charge is 2.27. The van der Waals surface area contributed by atoms with E-state index in [0.717, 1.165) is 17.7 Å². The summed E-state index contributed by atoms with van der Waals surface area (Å²) in [6.07, 6.45) is 1.12. The molecule has 0 spiro atoms. The van der Waals surface area contributed by atoms with Crippen molar-refractivity contribution in [2.24, 2.45) is 0 Å². The van der Waals surface area contributed by atoms with Gasteiger partial charge in [-0.1, -0.05) is 13.0 Å². The molecule has 1 N–H and O–H groups in total. The molecule has 1 aliphatic heterocycles. The minimum atomic E-state index is -0.129. The minimum Gasteiger partial charge on any atom is -0.312 e. The van der Waals surface area contributed by atoms with Gasteiger partial charge in [-0.3, -0.25) is 0 Å². The molecular weight excluding hydrogens is 209 g/mol. The van der Waals surface area contributed by atoms with Crippen molar-refractivity contribution in [3.05, 3.63) is 35.1 Å². The highest BCUT2D eigenvalue weighted by molar-refractivity contribution is 7.99. The standard InChI is InChI=1S/C12H16FNS/c1-3-11-12(14-2)10-6-9(13)5-4-8(10)7-15-11/h4-6,11-12,14H,3,7H2,1-2H3. The van der Waals surface area contributed by atoms with Crippen LogP contribution in [0.25, 0.3) is 0 Å². The summed E-state index contributed by atoms with van der Waals surface area (Å²) in [6.45, 7) is 2.19. The van der Waals surface area contributed by atoms with E-state index in [0.29, 0.717) is 11.3 Å². The Balaban J connectivity index is 2.39. The maximum Gasteiger partial charge on any atom is 0.123 e. The van der Waals surface area contributed by atoms with Gasteiger partial charge in [-0.25, -0.2) is 4.39 Å². The van der Waals surface area contributed by atoms with Gasteiger partial charge < -0.3 is 5.32 Å². The van der Waals surface area contributed by atoms with Gasteiger partial charge in [-0.15, -0.1) is 0 Å². The highest BCUT2D eigenvalue weighted by atomic mass is 32.2. The van der Waals surface area contributed by atoms with Crippen LogP contribution >= 0.6 is 11.8 Å². The average Bonchev–Trinajstić information content (AvgIpc) is 2.27. The molecule has 0 fully saturated rings. The predicted molar refractivity (Wildman–Crippen MR) is 63.6 cm³/mol. The van der Waals surface area contributed by atoms with Crippen molar-refractivity contribution in [1.29, 1.82) is 0 Å². The lowest BCUT2D eigenvalue weighted by molar-refractivity contribution is 0.538. The fourth-order valence-corrected chi connectivity index (χ4v) is 3.54. The SMILES string of the molecule is CCC1SCc2ccc(F)cc2C1NC. The van der Waals surface area contributed by atoms with Gasteiger partial charge >= 0.3 is 0 Å². The number of rotatable bonds is 2. The number of hydrogen-bond donors (Lipinski definition) is 1. The van der Waals surface area contributed by atoms with Gasteiger partial charge in [0.15, 0.2) is 0 Å². The maximum absolute atomic E-state index is 13.2. The van der Waals surface area contributed by atoms with Crippen molar-refractivity contribution < 1.29 is 4.39 Å². The molecule has 1 aromatic carbocycles. The molecule has 1 aromatic rings. The van der Waals surface area contributed by atoms with Crippen molar-refractivity contribution in [3.8, 4) is 0 Å². The van der Waals surface area contributed by atoms with E-state index in [1.165, 1.54) is 5.56 Å². The van der Waals surface area contributed by atoms with Gasteiger partial charge in [-0.05, 0) is 36.7 Å². The number of nitrogens with one attached hydrogen (secondary N) is 1. The predicted octanol–water partition coefficient (Wildman–Crippen LogP) is 3.11. The van der Waals surface area contributed by atoms with Crippen molar-refractivity contribution in [2.45, 2.75) is 30.4 Å². The van der Waals surface area contributed by atoms with E-state index >= 15 is 0 Å². The molecule has 0 radical (unpaired) electrons. The van der Waals surface area contributed by atoms with E-state index in [4.69, 9.17) is 0 Å². The summed E-state index contributed by atoms with van der Waals surface area (Å²) in [4.78, 5) is 0. The Hall–Kier alpha value is -0.540. The number of halogens is 1. The highest BCUT2D eigenvalue weighted by Crippen LogP contribution is 2.39. The smallest absolute Gasteiger partial charge is 0.123 e. The van der Waals surface area contributed by atoms with Gasteiger partial charge in [0, 0.05) is 17.0 Å². The quantitative estimate of drug-likeness (QED) is 0.830. The van der Waals surface area contributed by atoms with Crippen molar-refractivity contribution in [3.63, 3.8) is 0 Å². The number of hydrogen-bond acceptors (Lipinski definition) is 2. The first-order valence-corrected chi connectivity index (χ1v) is 6.38. The maximum atomic E-state index is 13.2. The van der Waals surface area contributed by atoms with E-state index in [2.05, 4.69) is 12.2 Å². The second kappa shape index (κ2) is 4.54. The molecule has 0 saturated heterocycles. The summed E-state index contributed by atoms with van der Waals surface area (Å²) in [7, 11) is 1.95. The lowest BCUT2D eigenvalue weighted by Gasteiger charge is -2.32. The Morgan fingerprint density at radius 2 is 2.33 bits per heavy atom. The number of benzene rings is 1. The first kappa shape index (κ1) is 11.0. The van der Waals surface area contributed by atoms with E-state index in [1.54, 1.807) is 12.1 Å². The van der Waals surface area contributed by atoms with Crippen LogP contribution in [-0.2, 0) is 5.75 Å². The van der Waals surface area contributed by atoms with Gasteiger partial charge in [0.2, 0.25) is 0 Å². The van der Waals surface area contributed by atoms with E-state index in [9.17, 15) is 4.39 Å². The van der Waals surface area contributed by atoms with Crippen LogP contribution in [0.3, 0.4) is 0 Å². The summed E-state index contributed by atoms with van der Waals surface area (Å²) < 4.78 is 13.2. The Morgan fingerprint density at radius 1 is 1.53 bits per heavy atom. The Kier molecular flexibility index (Phi) is 3.32. The van der Waals surface area contributed by atoms with Crippen LogP contribution in [-0.4, -0.2) is 12.3 Å². The van der Waals surface area contributed by atoms with Crippen LogP contribution < -0.4 is 5.32 Å². The fourth-order valence-electron chi connectivity index (χ4n) is 2.18. The third kappa shape index (κ3) is 2.04. The van der Waals surface area contributed by atoms with Crippen molar-refractivity contribution in [1.82, 2.24) is 5.32 Å². The second-order valence-corrected chi connectivity index (χ2v) is 5.09. The normalized spacial score (nSPS) is 25.0. The molecule has 2 unspecified atom stereocenters. The fraction of sp³-hybridized carbons (Fsp3) is 0.500. The average molecular weight is 225 g/mol. The second-order valence-electron chi connectivity index (χ2n) is 3.87. The molecule has 0 aromatic heterocycles. The van der Waals surface area contributed by atoms with Crippen LogP contribution in [0.5, 0.6) is 0 Å². The molecule has 0 aliphatic carbocycles. The zero-order valence-electron chi connectivity index (χ0n) is 9.09. The molecule has 1 aliphatic rings. The first-order valence-electron chi connectivity index (χ1n) is 5.33. The van der Waals surface area contributed by atoms with Gasteiger partial charge in [0.25, 0.3) is 0 Å². The summed E-state index contributed by atoms with van der Waals surface area (Å²) in [6, 6.07) is 5.44. The Labute approximate surface area is 94.5 Å². The van der Waals surface area contributed by atoms with Crippen molar-refractivity contribution >= 4 is 11.8 Å². The van der Waals surface area contributed by atoms with Crippen molar-refractivity contribution in [2.75, 3.05) is 7.05 Å². The van der Waals surface area contributed by atoms with Crippen LogP contribution in [0, 0.1) is 5.82 Å². The number of thioether (sulfide) groups is 1. The molecule has 0 amide bonds. The first-order chi connectivity index (χ1) is 7.26. The van der Waals surface area contributed by atoms with Crippen LogP contribution in [0.1, 0.15) is 30.5 Å². The van der Waals surface area contributed by atoms with Gasteiger partial charge in [0.05, 0.1) is 0 Å². The van der Waals surface area contributed by atoms with Crippen LogP contribution in [0.4, 0.5) is 4.39 Å². The lowest BCUT2D eigenvalue weighted by Crippen LogP contribution is -2.30. The number of fused-ring (bicyclic) bond motifs is 1. The van der Waals surface area contributed by atoms with Gasteiger partial charge in [-0.2, -0.15) is 11.8 Å². The lowest BCUT2D eigenvalue weighted by atomic mass is 9.96. The van der Waals surface area contributed by atoms with E-state index in [1.807, 2.05) is 24.9 Å². The van der Waals surface area contributed by atoms with E-state index < -0.39 is 0 Å². The molecule has 2 rings (SSSR count). The Bertz CT molecular complexity index is 353. The summed E-state index contributed by atoms with van der Waals surface area (Å²) in [5, 5.41) is 3.86. The third-order valence-electron chi connectivity index (χ3n) is 2.98. The molecule has 3 heteroatoms. The summed E-state index contributed by atoms with van der Waals surface area (Å²) in [5.74, 6) is 0.877. The zero-order chi connectivity index (χ0) is 10.8. The molecule has 0 bridgehead atoms. The van der Waals surface area contributed by atoms with Gasteiger partial charge in [0.1, 0.15) is 5.82 Å². The zero-order valence-corrected chi connectivity index (χ0v) is 9.90. The third-order valence-corrected chi connectivity index (χ3v) is 4.49. The minimum absolute atomic E-state index is 0.129. The molecular formula is C12H16FNS. The van der Waals surface area contributed by atoms with Crippen LogP contribution in [0.15, 0.2) is 18.2 Å². The monoisotopic (exact) mass is 225 g/mol. The van der Waals surface area contributed by atoms with Crippen LogP contribution in [0.2, 0.25) is 0 Å². The molecule has 0 saturated carbocycles. The molecule has 1 heterocycles. The molecule has 1 nitrogen and oxygen atoms in total.